The van der Waals surface area contributed by atoms with Gasteiger partial charge in [-0.1, -0.05) is 23.8 Å². The molecule has 134 valence electrons. The number of hydrogen-bond acceptors (Lipinski definition) is 6. The zero-order valence-corrected chi connectivity index (χ0v) is 15.4. The highest BCUT2D eigenvalue weighted by Gasteiger charge is 2.20. The van der Waals surface area contributed by atoms with Crippen LogP contribution < -0.4 is 0 Å². The number of hydrogen-bond donors (Lipinski definition) is 1. The lowest BCUT2D eigenvalue weighted by atomic mass is 10.1. The van der Waals surface area contributed by atoms with Crippen LogP contribution in [0, 0.1) is 0 Å². The number of methoxy groups -OCH3 is 1. The lowest BCUT2D eigenvalue weighted by Gasteiger charge is -2.14. The summed E-state index contributed by atoms with van der Waals surface area (Å²) in [5.41, 5.74) is 0.843. The maximum absolute atomic E-state index is 12.2. The fourth-order valence-electron chi connectivity index (χ4n) is 1.90. The van der Waals surface area contributed by atoms with E-state index in [1.165, 1.54) is 7.11 Å². The SMILES string of the molecule is CCOP(=O)(C/C=C/C(C)=C\C(O)CCCC(=O)OC)OCC. The molecule has 0 fully saturated rings. The van der Waals surface area contributed by atoms with Gasteiger partial charge in [-0.15, -0.1) is 0 Å². The Kier molecular flexibility index (Phi) is 12.0. The minimum absolute atomic E-state index is 0.193. The number of rotatable bonds is 12. The van der Waals surface area contributed by atoms with Gasteiger partial charge in [0.2, 0.25) is 0 Å². The summed E-state index contributed by atoms with van der Waals surface area (Å²) in [6, 6.07) is 0. The minimum atomic E-state index is -3.07. The van der Waals surface area contributed by atoms with Crippen LogP contribution in [0.1, 0.15) is 40.0 Å². The van der Waals surface area contributed by atoms with Crippen LogP contribution in [-0.4, -0.2) is 43.7 Å². The Hall–Kier alpha value is -0.940. The molecule has 0 rings (SSSR count). The minimum Gasteiger partial charge on any atom is -0.469 e. The third kappa shape index (κ3) is 11.3. The molecule has 0 aromatic heterocycles. The zero-order valence-electron chi connectivity index (χ0n) is 14.5. The monoisotopic (exact) mass is 348 g/mol. The molecule has 0 aliphatic rings. The van der Waals surface area contributed by atoms with Gasteiger partial charge >= 0.3 is 13.6 Å². The molecule has 0 saturated heterocycles. The van der Waals surface area contributed by atoms with Crippen molar-refractivity contribution in [3.8, 4) is 0 Å². The molecule has 0 aromatic carbocycles. The Balaban J connectivity index is 4.35. The summed E-state index contributed by atoms with van der Waals surface area (Å²) >= 11 is 0. The van der Waals surface area contributed by atoms with E-state index in [1.807, 2.05) is 6.92 Å². The van der Waals surface area contributed by atoms with Crippen molar-refractivity contribution >= 4 is 13.6 Å². The van der Waals surface area contributed by atoms with Gasteiger partial charge in [0, 0.05) is 6.42 Å². The van der Waals surface area contributed by atoms with Crippen LogP contribution >= 0.6 is 7.60 Å². The third-order valence-corrected chi connectivity index (χ3v) is 4.89. The van der Waals surface area contributed by atoms with Crippen molar-refractivity contribution in [3.63, 3.8) is 0 Å². The summed E-state index contributed by atoms with van der Waals surface area (Å²) in [6.07, 6.45) is 6.09. The van der Waals surface area contributed by atoms with Crippen LogP contribution in [-0.2, 0) is 23.1 Å². The van der Waals surface area contributed by atoms with E-state index in [1.54, 1.807) is 32.1 Å². The van der Waals surface area contributed by atoms with Crippen molar-refractivity contribution in [3.05, 3.63) is 23.8 Å². The number of aliphatic hydroxyl groups excluding tert-OH is 1. The van der Waals surface area contributed by atoms with E-state index < -0.39 is 13.7 Å². The largest absolute Gasteiger partial charge is 0.469 e. The molecule has 1 unspecified atom stereocenters. The van der Waals surface area contributed by atoms with E-state index in [0.29, 0.717) is 32.5 Å². The van der Waals surface area contributed by atoms with Gasteiger partial charge in [0.1, 0.15) is 0 Å². The first-order valence-corrected chi connectivity index (χ1v) is 9.57. The molecular weight excluding hydrogens is 319 g/mol. The third-order valence-electron chi connectivity index (χ3n) is 2.93. The number of esters is 1. The van der Waals surface area contributed by atoms with Gasteiger partial charge < -0.3 is 18.9 Å². The van der Waals surface area contributed by atoms with Gasteiger partial charge in [-0.25, -0.2) is 0 Å². The molecule has 6 nitrogen and oxygen atoms in total. The topological polar surface area (TPSA) is 82.1 Å². The van der Waals surface area contributed by atoms with Crippen molar-refractivity contribution in [2.24, 2.45) is 0 Å². The molecule has 0 spiro atoms. The molecule has 0 aromatic rings. The van der Waals surface area contributed by atoms with E-state index in [-0.39, 0.29) is 12.1 Å². The van der Waals surface area contributed by atoms with Crippen LogP contribution in [0.5, 0.6) is 0 Å². The van der Waals surface area contributed by atoms with Crippen molar-refractivity contribution < 1.29 is 28.3 Å². The molecular formula is C16H29O6P. The maximum atomic E-state index is 12.2. The van der Waals surface area contributed by atoms with Crippen molar-refractivity contribution in [2.75, 3.05) is 26.5 Å². The smallest absolute Gasteiger partial charge is 0.334 e. The predicted octanol–water partition coefficient (Wildman–Crippen LogP) is 3.46. The number of ether oxygens (including phenoxy) is 1. The van der Waals surface area contributed by atoms with Gasteiger partial charge in [-0.05, 0) is 33.6 Å². The number of carbonyl (C=O) groups excluding carboxylic acids is 1. The van der Waals surface area contributed by atoms with E-state index in [2.05, 4.69) is 4.74 Å². The summed E-state index contributed by atoms with van der Waals surface area (Å²) in [6.45, 7) is 6.04. The second-order valence-corrected chi connectivity index (χ2v) is 7.08. The first-order chi connectivity index (χ1) is 10.9. The molecule has 0 radical (unpaired) electrons. The first-order valence-electron chi connectivity index (χ1n) is 7.84. The summed E-state index contributed by atoms with van der Waals surface area (Å²) in [5.74, 6) is -0.277. The van der Waals surface area contributed by atoms with Crippen molar-refractivity contribution in [2.45, 2.75) is 46.1 Å². The molecule has 0 heterocycles. The first kappa shape index (κ1) is 22.1. The van der Waals surface area contributed by atoms with Gasteiger partial charge in [0.15, 0.2) is 0 Å². The van der Waals surface area contributed by atoms with Gasteiger partial charge in [0.25, 0.3) is 0 Å². The molecule has 0 aliphatic heterocycles. The van der Waals surface area contributed by atoms with Gasteiger partial charge in [-0.2, -0.15) is 0 Å². The highest BCUT2D eigenvalue weighted by atomic mass is 31.2. The highest BCUT2D eigenvalue weighted by Crippen LogP contribution is 2.47. The lowest BCUT2D eigenvalue weighted by molar-refractivity contribution is -0.140. The molecule has 0 amide bonds. The summed E-state index contributed by atoms with van der Waals surface area (Å²) < 4.78 is 27.2. The summed E-state index contributed by atoms with van der Waals surface area (Å²) in [5, 5.41) is 9.87. The van der Waals surface area contributed by atoms with Gasteiger partial charge in [-0.3, -0.25) is 9.36 Å². The summed E-state index contributed by atoms with van der Waals surface area (Å²) in [4.78, 5) is 11.0. The molecule has 1 atom stereocenters. The van der Waals surface area contributed by atoms with Crippen LogP contribution in [0.15, 0.2) is 23.8 Å². The highest BCUT2D eigenvalue weighted by molar-refractivity contribution is 7.54. The molecule has 7 heteroatoms. The Morgan fingerprint density at radius 1 is 1.26 bits per heavy atom. The number of carbonyl (C=O) groups is 1. The van der Waals surface area contributed by atoms with E-state index in [0.717, 1.165) is 5.57 Å². The Morgan fingerprint density at radius 3 is 2.39 bits per heavy atom. The summed E-state index contributed by atoms with van der Waals surface area (Å²) in [7, 11) is -1.73. The second-order valence-electron chi connectivity index (χ2n) is 4.98. The van der Waals surface area contributed by atoms with Crippen molar-refractivity contribution in [1.82, 2.24) is 0 Å². The van der Waals surface area contributed by atoms with E-state index >= 15 is 0 Å². The van der Waals surface area contributed by atoms with Crippen LogP contribution in [0.2, 0.25) is 0 Å². The molecule has 23 heavy (non-hydrogen) atoms. The quantitative estimate of drug-likeness (QED) is 0.330. The van der Waals surface area contributed by atoms with Crippen molar-refractivity contribution in [1.29, 1.82) is 0 Å². The zero-order chi connectivity index (χ0) is 17.7. The van der Waals surface area contributed by atoms with E-state index in [9.17, 15) is 14.5 Å². The predicted molar refractivity (Wildman–Crippen MR) is 90.5 cm³/mol. The normalized spacial score (nSPS) is 14.2. The maximum Gasteiger partial charge on any atom is 0.334 e. The second kappa shape index (κ2) is 12.5. The molecule has 0 bridgehead atoms. The molecule has 0 aliphatic carbocycles. The van der Waals surface area contributed by atoms with Gasteiger partial charge in [0.05, 0.1) is 32.6 Å². The molecule has 0 saturated carbocycles. The van der Waals surface area contributed by atoms with Crippen LogP contribution in [0.3, 0.4) is 0 Å². The Labute approximate surface area is 139 Å². The lowest BCUT2D eigenvalue weighted by Crippen LogP contribution is -2.06. The number of allylic oxidation sites excluding steroid dienone is 3. The van der Waals surface area contributed by atoms with Crippen LogP contribution in [0.4, 0.5) is 0 Å². The Morgan fingerprint density at radius 2 is 1.87 bits per heavy atom. The fourth-order valence-corrected chi connectivity index (χ4v) is 3.34. The van der Waals surface area contributed by atoms with Crippen LogP contribution in [0.25, 0.3) is 0 Å². The molecule has 1 N–H and O–H groups in total. The standard InChI is InChI=1S/C16H29O6P/c1-5-21-23(19,22-6-2)12-8-9-14(3)13-15(17)10-7-11-16(18)20-4/h8-9,13,15,17H,5-7,10-12H2,1-4H3/b9-8+,14-13-. The fraction of sp³-hybridized carbons (Fsp3) is 0.688. The Bertz CT molecular complexity index is 434. The average molecular weight is 348 g/mol. The number of aliphatic hydroxyl groups is 1. The average Bonchev–Trinajstić information content (AvgIpc) is 2.47. The van der Waals surface area contributed by atoms with E-state index in [4.69, 9.17) is 9.05 Å².